The average Bonchev–Trinajstić information content (AvgIpc) is 2.80. The van der Waals surface area contributed by atoms with E-state index in [-0.39, 0.29) is 0 Å². The molecule has 0 spiro atoms. The van der Waals surface area contributed by atoms with E-state index in [0.717, 1.165) is 35.9 Å². The van der Waals surface area contributed by atoms with Gasteiger partial charge in [0.15, 0.2) is 0 Å². The van der Waals surface area contributed by atoms with Gasteiger partial charge < -0.3 is 4.74 Å². The summed E-state index contributed by atoms with van der Waals surface area (Å²) in [6, 6.07) is 12.8. The van der Waals surface area contributed by atoms with E-state index < -0.39 is 0 Å². The molecule has 1 aliphatic carbocycles. The molecule has 1 aromatic carbocycles. The second-order valence-electron chi connectivity index (χ2n) is 9.08. The van der Waals surface area contributed by atoms with Crippen molar-refractivity contribution in [2.75, 3.05) is 6.61 Å². The van der Waals surface area contributed by atoms with E-state index >= 15 is 0 Å². The van der Waals surface area contributed by atoms with Crippen LogP contribution >= 0.6 is 0 Å². The van der Waals surface area contributed by atoms with Gasteiger partial charge in [0.25, 0.3) is 0 Å². The molecule has 0 N–H and O–H groups in total. The van der Waals surface area contributed by atoms with E-state index in [0.29, 0.717) is 12.5 Å². The zero-order chi connectivity index (χ0) is 21.0. The van der Waals surface area contributed by atoms with Crippen LogP contribution in [0.4, 0.5) is 0 Å². The van der Waals surface area contributed by atoms with Crippen LogP contribution in [0.3, 0.4) is 0 Å². The number of hydrogen-bond acceptors (Lipinski definition) is 3. The van der Waals surface area contributed by atoms with Crippen LogP contribution in [0, 0.1) is 11.8 Å². The Morgan fingerprint density at radius 2 is 1.47 bits per heavy atom. The highest BCUT2D eigenvalue weighted by Gasteiger charge is 2.20. The normalized spacial score (nSPS) is 19.0. The zero-order valence-corrected chi connectivity index (χ0v) is 19.1. The number of hydrogen-bond donors (Lipinski definition) is 0. The monoisotopic (exact) mass is 408 g/mol. The van der Waals surface area contributed by atoms with Crippen molar-refractivity contribution in [3.8, 4) is 17.1 Å². The van der Waals surface area contributed by atoms with Crippen molar-refractivity contribution in [1.82, 2.24) is 10.2 Å². The van der Waals surface area contributed by atoms with Gasteiger partial charge in [-0.25, -0.2) is 0 Å². The summed E-state index contributed by atoms with van der Waals surface area (Å²) in [5, 5.41) is 8.54. The fraction of sp³-hybridized carbons (Fsp3) is 0.630. The van der Waals surface area contributed by atoms with Crippen LogP contribution in [0.1, 0.15) is 90.0 Å². The largest absolute Gasteiger partial charge is 0.477 e. The zero-order valence-electron chi connectivity index (χ0n) is 19.1. The van der Waals surface area contributed by atoms with Gasteiger partial charge in [-0.05, 0) is 42.7 Å². The summed E-state index contributed by atoms with van der Waals surface area (Å²) in [6.45, 7) is 5.17. The molecule has 0 aliphatic heterocycles. The van der Waals surface area contributed by atoms with E-state index in [4.69, 9.17) is 4.74 Å². The predicted molar refractivity (Wildman–Crippen MR) is 126 cm³/mol. The standard InChI is InChI=1S/C27H40N2O/c1-3-5-7-8-22-9-11-23(12-10-22)13-14-24-15-17-25(18-16-24)26-19-20-27(29-28-26)30-21-6-4-2/h15-20,22-23H,3-14,21H2,1-2H3. The van der Waals surface area contributed by atoms with E-state index in [1.54, 1.807) is 0 Å². The van der Waals surface area contributed by atoms with Gasteiger partial charge in [-0.2, -0.15) is 0 Å². The molecule has 0 amide bonds. The van der Waals surface area contributed by atoms with E-state index in [9.17, 15) is 0 Å². The van der Waals surface area contributed by atoms with E-state index in [1.165, 1.54) is 69.8 Å². The Morgan fingerprint density at radius 1 is 0.767 bits per heavy atom. The molecular formula is C27H40N2O. The molecule has 0 unspecified atom stereocenters. The van der Waals surface area contributed by atoms with Crippen molar-refractivity contribution in [1.29, 1.82) is 0 Å². The summed E-state index contributed by atoms with van der Waals surface area (Å²) < 4.78 is 5.60. The Hall–Kier alpha value is -1.90. The lowest BCUT2D eigenvalue weighted by molar-refractivity contribution is 0.249. The quantitative estimate of drug-likeness (QED) is 0.338. The Kier molecular flexibility index (Phi) is 9.66. The van der Waals surface area contributed by atoms with Crippen molar-refractivity contribution in [2.45, 2.75) is 90.9 Å². The fourth-order valence-corrected chi connectivity index (χ4v) is 4.58. The molecule has 3 rings (SSSR count). The highest BCUT2D eigenvalue weighted by atomic mass is 16.5. The number of unbranched alkanes of at least 4 members (excludes halogenated alkanes) is 3. The first-order valence-corrected chi connectivity index (χ1v) is 12.3. The lowest BCUT2D eigenvalue weighted by Gasteiger charge is -2.28. The van der Waals surface area contributed by atoms with E-state index in [2.05, 4.69) is 48.3 Å². The van der Waals surface area contributed by atoms with Gasteiger partial charge in [-0.15, -0.1) is 10.2 Å². The first-order valence-electron chi connectivity index (χ1n) is 12.3. The van der Waals surface area contributed by atoms with Crippen molar-refractivity contribution >= 4 is 0 Å². The minimum absolute atomic E-state index is 0.615. The number of aromatic nitrogens is 2. The minimum Gasteiger partial charge on any atom is -0.477 e. The summed E-state index contributed by atoms with van der Waals surface area (Å²) in [5.41, 5.74) is 3.47. The molecule has 0 saturated heterocycles. The number of ether oxygens (including phenoxy) is 1. The molecule has 1 aliphatic rings. The average molecular weight is 409 g/mol. The second-order valence-corrected chi connectivity index (χ2v) is 9.08. The van der Waals surface area contributed by atoms with Crippen LogP contribution in [0.25, 0.3) is 11.3 Å². The molecule has 1 heterocycles. The van der Waals surface area contributed by atoms with Gasteiger partial charge in [-0.1, -0.05) is 95.9 Å². The number of nitrogens with zero attached hydrogens (tertiary/aromatic N) is 2. The number of aryl methyl sites for hydroxylation is 1. The summed E-state index contributed by atoms with van der Waals surface area (Å²) >= 11 is 0. The molecule has 3 heteroatoms. The molecule has 1 fully saturated rings. The predicted octanol–water partition coefficient (Wildman–Crippen LogP) is 7.64. The molecule has 0 bridgehead atoms. The number of benzene rings is 1. The third-order valence-electron chi connectivity index (χ3n) is 6.66. The molecule has 164 valence electrons. The molecule has 30 heavy (non-hydrogen) atoms. The summed E-state index contributed by atoms with van der Waals surface area (Å²) in [6.07, 6.45) is 16.2. The Morgan fingerprint density at radius 3 is 2.10 bits per heavy atom. The molecular weight excluding hydrogens is 368 g/mol. The number of rotatable bonds is 12. The minimum atomic E-state index is 0.615. The van der Waals surface area contributed by atoms with Crippen LogP contribution in [0.5, 0.6) is 5.88 Å². The topological polar surface area (TPSA) is 35.0 Å². The summed E-state index contributed by atoms with van der Waals surface area (Å²) in [7, 11) is 0. The Labute approximate surface area is 183 Å². The van der Waals surface area contributed by atoms with Gasteiger partial charge in [0, 0.05) is 11.6 Å². The van der Waals surface area contributed by atoms with Crippen molar-refractivity contribution in [2.24, 2.45) is 11.8 Å². The van der Waals surface area contributed by atoms with Gasteiger partial charge >= 0.3 is 0 Å². The highest BCUT2D eigenvalue weighted by molar-refractivity contribution is 5.59. The van der Waals surface area contributed by atoms with Gasteiger partial charge in [0.1, 0.15) is 0 Å². The summed E-state index contributed by atoms with van der Waals surface area (Å²) in [4.78, 5) is 0. The third kappa shape index (κ3) is 7.41. The smallest absolute Gasteiger partial charge is 0.233 e. The van der Waals surface area contributed by atoms with Crippen molar-refractivity contribution in [3.05, 3.63) is 42.0 Å². The van der Waals surface area contributed by atoms with Gasteiger partial charge in [0.2, 0.25) is 5.88 Å². The van der Waals surface area contributed by atoms with Crippen LogP contribution < -0.4 is 4.74 Å². The molecule has 0 radical (unpaired) electrons. The van der Waals surface area contributed by atoms with Crippen molar-refractivity contribution < 1.29 is 4.74 Å². The lowest BCUT2D eigenvalue weighted by atomic mass is 9.78. The van der Waals surface area contributed by atoms with Crippen molar-refractivity contribution in [3.63, 3.8) is 0 Å². The fourth-order valence-electron chi connectivity index (χ4n) is 4.58. The highest BCUT2D eigenvalue weighted by Crippen LogP contribution is 2.34. The summed E-state index contributed by atoms with van der Waals surface area (Å²) in [5.74, 6) is 2.55. The first-order chi connectivity index (χ1) is 14.8. The van der Waals surface area contributed by atoms with Gasteiger partial charge in [0.05, 0.1) is 12.3 Å². The Balaban J connectivity index is 1.41. The SMILES string of the molecule is CCCCCC1CCC(CCc2ccc(-c3ccc(OCCCC)nn3)cc2)CC1. The van der Waals surface area contributed by atoms with Crippen LogP contribution in [-0.4, -0.2) is 16.8 Å². The third-order valence-corrected chi connectivity index (χ3v) is 6.66. The maximum atomic E-state index is 5.60. The van der Waals surface area contributed by atoms with Crippen LogP contribution in [0.2, 0.25) is 0 Å². The second kappa shape index (κ2) is 12.7. The molecule has 1 aromatic heterocycles. The molecule has 1 saturated carbocycles. The molecule has 0 atom stereocenters. The first kappa shape index (κ1) is 22.8. The molecule has 3 nitrogen and oxygen atoms in total. The maximum absolute atomic E-state index is 5.60. The lowest BCUT2D eigenvalue weighted by Crippen LogP contribution is -2.15. The van der Waals surface area contributed by atoms with Crippen LogP contribution in [0.15, 0.2) is 36.4 Å². The maximum Gasteiger partial charge on any atom is 0.233 e. The Bertz CT molecular complexity index is 703. The molecule has 2 aromatic rings. The van der Waals surface area contributed by atoms with Crippen LogP contribution in [-0.2, 0) is 6.42 Å². The van der Waals surface area contributed by atoms with E-state index in [1.807, 2.05) is 12.1 Å². The van der Waals surface area contributed by atoms with Gasteiger partial charge in [-0.3, -0.25) is 0 Å².